The first kappa shape index (κ1) is 28.2. The fourth-order valence-corrected chi connectivity index (χ4v) is 13.0. The number of thiazole rings is 1. The van der Waals surface area contributed by atoms with E-state index < -0.39 is 0 Å². The van der Waals surface area contributed by atoms with Crippen LogP contribution in [0.4, 0.5) is 5.69 Å². The molecule has 1 aliphatic carbocycles. The van der Waals surface area contributed by atoms with E-state index in [1.807, 2.05) is 0 Å². The lowest BCUT2D eigenvalue weighted by Gasteiger charge is -2.37. The summed E-state index contributed by atoms with van der Waals surface area (Å²) in [6.07, 6.45) is 3.30. The van der Waals surface area contributed by atoms with E-state index >= 15 is 0 Å². The summed E-state index contributed by atoms with van der Waals surface area (Å²) in [6, 6.07) is 35.3. The predicted molar refractivity (Wildman–Crippen MR) is 214 cm³/mol. The number of carbonyl (C=O) groups excluding carboxylic acids is 1. The molecule has 13 rings (SSSR count). The number of anilines is 1. The van der Waals surface area contributed by atoms with E-state index in [4.69, 9.17) is 0 Å². The molecule has 0 fully saturated rings. The summed E-state index contributed by atoms with van der Waals surface area (Å²) in [6.45, 7) is 1.76. The van der Waals surface area contributed by atoms with Gasteiger partial charge < -0.3 is 10.0 Å². The average molecular weight is 705 g/mol. The topological polar surface area (TPSA) is 47.3 Å². The van der Waals surface area contributed by atoms with Crippen LogP contribution in [-0.2, 0) is 11.3 Å². The van der Waals surface area contributed by atoms with Crippen LogP contribution < -0.4 is 14.6 Å². The van der Waals surface area contributed by atoms with E-state index in [2.05, 4.69) is 107 Å². The van der Waals surface area contributed by atoms with Crippen LogP contribution in [0.2, 0.25) is 0 Å². The highest BCUT2D eigenvalue weighted by atomic mass is 32.2. The van der Waals surface area contributed by atoms with Gasteiger partial charge in [-0.1, -0.05) is 120 Å². The van der Waals surface area contributed by atoms with Crippen LogP contribution in [0.15, 0.2) is 129 Å². The van der Waals surface area contributed by atoms with E-state index in [-0.39, 0.29) is 11.5 Å². The number of aromatic nitrogens is 1. The fourth-order valence-electron chi connectivity index (χ4n) is 10.2. The molecule has 4 aliphatic rings. The van der Waals surface area contributed by atoms with Gasteiger partial charge in [-0.25, -0.2) is 0 Å². The number of thioether (sulfide) groups is 1. The maximum Gasteiger partial charge on any atom is 0.266 e. The number of rotatable bonds is 1. The molecule has 9 aromatic rings. The molecule has 0 saturated heterocycles. The highest BCUT2D eigenvalue weighted by Gasteiger charge is 2.42. The van der Waals surface area contributed by atoms with Gasteiger partial charge in [-0.15, -0.1) is 0 Å². The van der Waals surface area contributed by atoms with Gasteiger partial charge in [0.15, 0.2) is 12.3 Å². The molecule has 8 aromatic carbocycles. The Hall–Kier alpha value is -5.43. The zero-order valence-corrected chi connectivity index (χ0v) is 29.6. The van der Waals surface area contributed by atoms with Crippen molar-refractivity contribution in [2.45, 2.75) is 37.1 Å². The largest absolute Gasteiger partial charge is 0.871 e. The Kier molecular flexibility index (Phi) is 5.26. The van der Waals surface area contributed by atoms with Gasteiger partial charge >= 0.3 is 0 Å². The number of aryl methyl sites for hydroxylation is 1. The van der Waals surface area contributed by atoms with E-state index in [0.717, 1.165) is 60.0 Å². The first-order chi connectivity index (χ1) is 25.7. The Morgan fingerprint density at radius 3 is 1.94 bits per heavy atom. The summed E-state index contributed by atoms with van der Waals surface area (Å²) < 4.78 is 3.66. The Balaban J connectivity index is 1.02. The van der Waals surface area contributed by atoms with Crippen molar-refractivity contribution in [1.29, 1.82) is 0 Å². The molecular formula is C46H28N2O2S2. The summed E-state index contributed by atoms with van der Waals surface area (Å²) in [5.41, 5.74) is 5.19. The smallest absolute Gasteiger partial charge is 0.266 e. The summed E-state index contributed by atoms with van der Waals surface area (Å²) in [5, 5.41) is 31.9. The number of allylic oxidation sites excluding steroid dienone is 4. The van der Waals surface area contributed by atoms with Crippen molar-refractivity contribution in [1.82, 2.24) is 0 Å². The van der Waals surface area contributed by atoms with E-state index in [9.17, 15) is 9.90 Å². The molecule has 0 bridgehead atoms. The molecular weight excluding hydrogens is 677 g/mol. The quantitative estimate of drug-likeness (QED) is 0.0970. The van der Waals surface area contributed by atoms with Gasteiger partial charge in [0.2, 0.25) is 5.52 Å². The van der Waals surface area contributed by atoms with Crippen LogP contribution in [0.25, 0.3) is 80.4 Å². The van der Waals surface area contributed by atoms with Crippen LogP contribution in [0.1, 0.15) is 30.7 Å². The van der Waals surface area contributed by atoms with Gasteiger partial charge in [0.05, 0.1) is 16.1 Å². The highest BCUT2D eigenvalue weighted by molar-refractivity contribution is 8.04. The van der Waals surface area contributed by atoms with Crippen molar-refractivity contribution in [2.75, 3.05) is 11.4 Å². The summed E-state index contributed by atoms with van der Waals surface area (Å²) >= 11 is 3.53. The number of benzene rings is 8. The molecule has 246 valence electrons. The molecule has 0 N–H and O–H groups in total. The summed E-state index contributed by atoms with van der Waals surface area (Å²) in [7, 11) is 0. The van der Waals surface area contributed by atoms with Crippen LogP contribution in [0.3, 0.4) is 0 Å². The molecule has 1 aromatic heterocycles. The second-order valence-electron chi connectivity index (χ2n) is 14.8. The van der Waals surface area contributed by atoms with Gasteiger partial charge in [-0.2, -0.15) is 4.57 Å². The van der Waals surface area contributed by atoms with Crippen molar-refractivity contribution in [3.05, 3.63) is 130 Å². The zero-order valence-electron chi connectivity index (χ0n) is 28.0. The van der Waals surface area contributed by atoms with Crippen molar-refractivity contribution in [3.8, 4) is 0 Å². The molecule has 0 amide bonds. The average Bonchev–Trinajstić information content (AvgIpc) is 3.78. The number of hydrogen-bond acceptors (Lipinski definition) is 5. The standard InChI is InChI=1S/C46H28N2O2S2/c49-41-37(31-15-5-21-47-39-27-11-1-7-23-17-19-25-9-3-13-29(35(25)33(23)27)43(39)51-45(31)47)42(50)38(41)32-16-6-22-48-40-28-12-2-8-24-18-20-26-10-4-14-30(36(26)34(24)28)44(40)52-46(32)48/h1-4,7-14,17-20H,5-6,15-16,21-22H2. The normalized spacial score (nSPS) is 19.1. The van der Waals surface area contributed by atoms with Gasteiger partial charge in [-0.05, 0) is 74.0 Å². The molecule has 52 heavy (non-hydrogen) atoms. The van der Waals surface area contributed by atoms with Crippen molar-refractivity contribution >= 4 is 115 Å². The lowest BCUT2D eigenvalue weighted by atomic mass is 9.78. The Morgan fingerprint density at radius 2 is 1.23 bits per heavy atom. The minimum Gasteiger partial charge on any atom is -0.871 e. The van der Waals surface area contributed by atoms with Gasteiger partial charge in [-0.3, -0.25) is 4.79 Å². The first-order valence-corrected chi connectivity index (χ1v) is 19.9. The molecule has 4 nitrogen and oxygen atoms in total. The third-order valence-corrected chi connectivity index (χ3v) is 14.8. The van der Waals surface area contributed by atoms with E-state index in [1.54, 1.807) is 23.1 Å². The Bertz CT molecular complexity index is 3250. The second kappa shape index (κ2) is 9.71. The Morgan fingerprint density at radius 1 is 0.635 bits per heavy atom. The molecule has 0 radical (unpaired) electrons. The highest BCUT2D eigenvalue weighted by Crippen LogP contribution is 2.58. The maximum atomic E-state index is 14.5. The van der Waals surface area contributed by atoms with Crippen LogP contribution in [-0.4, -0.2) is 12.3 Å². The van der Waals surface area contributed by atoms with Crippen LogP contribution in [0, 0.1) is 0 Å². The van der Waals surface area contributed by atoms with Crippen LogP contribution >= 0.6 is 23.1 Å². The third-order valence-electron chi connectivity index (χ3n) is 12.3. The lowest BCUT2D eigenvalue weighted by molar-refractivity contribution is -0.671. The van der Waals surface area contributed by atoms with Crippen molar-refractivity contribution in [3.63, 3.8) is 0 Å². The number of ketones is 1. The summed E-state index contributed by atoms with van der Waals surface area (Å²) in [5.74, 6) is -0.121. The van der Waals surface area contributed by atoms with E-state index in [1.165, 1.54) is 85.4 Å². The Labute approximate surface area is 306 Å². The fraction of sp³-hybridized carbons (Fsp3) is 0.130. The van der Waals surface area contributed by atoms with E-state index in [0.29, 0.717) is 11.1 Å². The first-order valence-electron chi connectivity index (χ1n) is 18.3. The molecule has 0 unspecified atom stereocenters. The SMILES string of the molecule is O=C1C(C2=C3Sc4c(c5cccc6ccc7cccc4c7c65)N3CCC2)=C([O-])/C1=C1/CCC[n+]2c1sc1c3cccc4ccc5cccc(c5c43)c12. The molecule has 0 saturated carbocycles. The number of Topliss-reactive ketones (excluding diaryl/α,β-unsaturated/α-hetero) is 1. The predicted octanol–water partition coefficient (Wildman–Crippen LogP) is 10.3. The van der Waals surface area contributed by atoms with Crippen LogP contribution in [0.5, 0.6) is 0 Å². The van der Waals surface area contributed by atoms with Crippen molar-refractivity contribution < 1.29 is 14.5 Å². The third kappa shape index (κ3) is 3.28. The van der Waals surface area contributed by atoms with Gasteiger partial charge in [0.1, 0.15) is 4.70 Å². The van der Waals surface area contributed by atoms with Gasteiger partial charge in [0.25, 0.3) is 5.01 Å². The number of carbonyl (C=O) groups is 1. The summed E-state index contributed by atoms with van der Waals surface area (Å²) in [4.78, 5) is 18.2. The minimum atomic E-state index is -0.0605. The zero-order chi connectivity index (χ0) is 34.0. The number of fused-ring (bicyclic) bond motifs is 10. The molecule has 6 heteroatoms. The second-order valence-corrected chi connectivity index (χ2v) is 16.8. The lowest BCUT2D eigenvalue weighted by Crippen LogP contribution is -2.41. The van der Waals surface area contributed by atoms with Crippen molar-refractivity contribution in [2.24, 2.45) is 0 Å². The molecule has 0 atom stereocenters. The maximum absolute atomic E-state index is 14.5. The molecule has 3 aliphatic heterocycles. The monoisotopic (exact) mass is 704 g/mol. The molecule has 4 heterocycles. The molecule has 0 spiro atoms. The van der Waals surface area contributed by atoms with Gasteiger partial charge in [0, 0.05) is 50.7 Å². The minimum absolute atomic E-state index is 0.0605. The number of hydrogen-bond donors (Lipinski definition) is 0. The number of nitrogens with zero attached hydrogens (tertiary/aromatic N) is 2.